The van der Waals surface area contributed by atoms with Crippen LogP contribution in [-0.2, 0) is 0 Å². The van der Waals surface area contributed by atoms with Crippen LogP contribution in [0.1, 0.15) is 25.0 Å². The number of hydrogen-bond donors (Lipinski definition) is 0. The molecule has 18 heavy (non-hydrogen) atoms. The van der Waals surface area contributed by atoms with Gasteiger partial charge in [0.2, 0.25) is 0 Å². The van der Waals surface area contributed by atoms with Gasteiger partial charge in [-0.2, -0.15) is 11.3 Å². The van der Waals surface area contributed by atoms with Gasteiger partial charge in [-0.1, -0.05) is 24.3 Å². The Hall–Kier alpha value is -0.810. The number of benzene rings is 1. The SMILES string of the molecule is C=C(C)CC(Oc1ccccc1I)c1ccsc1. The van der Waals surface area contributed by atoms with E-state index in [0.717, 1.165) is 21.3 Å². The monoisotopic (exact) mass is 370 g/mol. The highest BCUT2D eigenvalue weighted by molar-refractivity contribution is 14.1. The molecule has 0 aliphatic heterocycles. The summed E-state index contributed by atoms with van der Waals surface area (Å²) in [6.07, 6.45) is 0.909. The Balaban J connectivity index is 2.20. The number of para-hydroxylation sites is 1. The molecule has 1 atom stereocenters. The smallest absolute Gasteiger partial charge is 0.133 e. The fraction of sp³-hybridized carbons (Fsp3) is 0.200. The van der Waals surface area contributed by atoms with Crippen molar-refractivity contribution in [3.8, 4) is 5.75 Å². The topological polar surface area (TPSA) is 9.23 Å². The van der Waals surface area contributed by atoms with Crippen LogP contribution in [0.3, 0.4) is 0 Å². The van der Waals surface area contributed by atoms with Crippen molar-refractivity contribution in [2.75, 3.05) is 0 Å². The normalized spacial score (nSPS) is 12.1. The first kappa shape index (κ1) is 13.6. The molecule has 3 heteroatoms. The first-order valence-electron chi connectivity index (χ1n) is 5.74. The predicted molar refractivity (Wildman–Crippen MR) is 86.3 cm³/mol. The van der Waals surface area contributed by atoms with Gasteiger partial charge in [-0.05, 0) is 58.5 Å². The van der Waals surface area contributed by atoms with Crippen molar-refractivity contribution >= 4 is 33.9 Å². The quantitative estimate of drug-likeness (QED) is 0.503. The van der Waals surface area contributed by atoms with E-state index in [1.165, 1.54) is 5.56 Å². The standard InChI is InChI=1S/C15H15IOS/c1-11(2)9-15(12-7-8-18-10-12)17-14-6-4-3-5-13(14)16/h3-8,10,15H,1,9H2,2H3. The molecule has 0 saturated heterocycles. The molecule has 2 rings (SSSR count). The summed E-state index contributed by atoms with van der Waals surface area (Å²) in [6.45, 7) is 6.03. The van der Waals surface area contributed by atoms with Crippen LogP contribution >= 0.6 is 33.9 Å². The maximum atomic E-state index is 6.14. The van der Waals surface area contributed by atoms with Crippen LogP contribution in [0.2, 0.25) is 0 Å². The molecule has 1 aromatic carbocycles. The largest absolute Gasteiger partial charge is 0.484 e. The number of hydrogen-bond acceptors (Lipinski definition) is 2. The molecular weight excluding hydrogens is 355 g/mol. The minimum atomic E-state index is 0.0599. The van der Waals surface area contributed by atoms with Crippen molar-refractivity contribution in [1.29, 1.82) is 0 Å². The lowest BCUT2D eigenvalue weighted by Gasteiger charge is -2.19. The first-order chi connectivity index (χ1) is 8.66. The van der Waals surface area contributed by atoms with E-state index in [9.17, 15) is 0 Å². The molecule has 1 aromatic heterocycles. The summed E-state index contributed by atoms with van der Waals surface area (Å²) in [5.74, 6) is 0.940. The van der Waals surface area contributed by atoms with E-state index < -0.39 is 0 Å². The molecule has 0 aliphatic carbocycles. The maximum Gasteiger partial charge on any atom is 0.133 e. The summed E-state index contributed by atoms with van der Waals surface area (Å²) in [5, 5.41) is 4.23. The summed E-state index contributed by atoms with van der Waals surface area (Å²) in [7, 11) is 0. The van der Waals surface area contributed by atoms with Crippen LogP contribution in [0, 0.1) is 3.57 Å². The van der Waals surface area contributed by atoms with Crippen molar-refractivity contribution in [1.82, 2.24) is 0 Å². The highest BCUT2D eigenvalue weighted by Gasteiger charge is 2.15. The van der Waals surface area contributed by atoms with Crippen LogP contribution in [0.25, 0.3) is 0 Å². The predicted octanol–water partition coefficient (Wildman–Crippen LogP) is 5.44. The van der Waals surface area contributed by atoms with Gasteiger partial charge in [0.05, 0.1) is 3.57 Å². The molecule has 0 fully saturated rings. The lowest BCUT2D eigenvalue weighted by Crippen LogP contribution is -2.08. The fourth-order valence-corrected chi connectivity index (χ4v) is 2.91. The fourth-order valence-electron chi connectivity index (χ4n) is 1.70. The summed E-state index contributed by atoms with van der Waals surface area (Å²) >= 11 is 4.00. The summed E-state index contributed by atoms with van der Waals surface area (Å²) in [5.41, 5.74) is 2.36. The van der Waals surface area contributed by atoms with Gasteiger partial charge in [0.1, 0.15) is 11.9 Å². The minimum absolute atomic E-state index is 0.0599. The molecule has 0 spiro atoms. The van der Waals surface area contributed by atoms with Crippen molar-refractivity contribution in [2.45, 2.75) is 19.4 Å². The molecular formula is C15H15IOS. The van der Waals surface area contributed by atoms with Gasteiger partial charge in [0, 0.05) is 12.0 Å². The number of ether oxygens (including phenoxy) is 1. The Morgan fingerprint density at radius 1 is 1.39 bits per heavy atom. The Bertz CT molecular complexity index is 519. The second kappa shape index (κ2) is 6.38. The number of thiophene rings is 1. The van der Waals surface area contributed by atoms with E-state index >= 15 is 0 Å². The lowest BCUT2D eigenvalue weighted by atomic mass is 10.1. The molecule has 1 heterocycles. The second-order valence-corrected chi connectivity index (χ2v) is 6.20. The van der Waals surface area contributed by atoms with E-state index in [1.54, 1.807) is 11.3 Å². The van der Waals surface area contributed by atoms with E-state index in [-0.39, 0.29) is 6.10 Å². The van der Waals surface area contributed by atoms with E-state index in [4.69, 9.17) is 4.74 Å². The molecule has 0 saturated carbocycles. The van der Waals surface area contributed by atoms with E-state index in [2.05, 4.69) is 52.1 Å². The summed E-state index contributed by atoms with van der Waals surface area (Å²) in [6, 6.07) is 10.2. The average molecular weight is 370 g/mol. The first-order valence-corrected chi connectivity index (χ1v) is 7.76. The summed E-state index contributed by atoms with van der Waals surface area (Å²) in [4.78, 5) is 0. The van der Waals surface area contributed by atoms with Crippen molar-refractivity contribution in [3.05, 3.63) is 62.4 Å². The van der Waals surface area contributed by atoms with Gasteiger partial charge in [-0.15, -0.1) is 0 Å². The molecule has 0 N–H and O–H groups in total. The minimum Gasteiger partial charge on any atom is -0.484 e. The van der Waals surface area contributed by atoms with Crippen LogP contribution in [0.5, 0.6) is 5.75 Å². The van der Waals surface area contributed by atoms with Crippen molar-refractivity contribution in [3.63, 3.8) is 0 Å². The van der Waals surface area contributed by atoms with Crippen LogP contribution < -0.4 is 4.74 Å². The molecule has 2 aromatic rings. The maximum absolute atomic E-state index is 6.14. The van der Waals surface area contributed by atoms with Crippen LogP contribution in [-0.4, -0.2) is 0 Å². The van der Waals surface area contributed by atoms with E-state index in [0.29, 0.717) is 0 Å². The molecule has 1 nitrogen and oxygen atoms in total. The zero-order chi connectivity index (χ0) is 13.0. The average Bonchev–Trinajstić information content (AvgIpc) is 2.84. The molecule has 0 radical (unpaired) electrons. The highest BCUT2D eigenvalue weighted by Crippen LogP contribution is 2.30. The molecule has 94 valence electrons. The highest BCUT2D eigenvalue weighted by atomic mass is 127. The van der Waals surface area contributed by atoms with Gasteiger partial charge >= 0.3 is 0 Å². The molecule has 0 bridgehead atoms. The molecule has 0 amide bonds. The third kappa shape index (κ3) is 3.59. The zero-order valence-corrected chi connectivity index (χ0v) is 13.2. The van der Waals surface area contributed by atoms with Gasteiger partial charge in [-0.25, -0.2) is 0 Å². The van der Waals surface area contributed by atoms with Gasteiger partial charge < -0.3 is 4.74 Å². The third-order valence-electron chi connectivity index (χ3n) is 2.55. The molecule has 1 unspecified atom stereocenters. The number of halogens is 1. The van der Waals surface area contributed by atoms with Crippen LogP contribution in [0.4, 0.5) is 0 Å². The van der Waals surface area contributed by atoms with Crippen LogP contribution in [0.15, 0.2) is 53.2 Å². The zero-order valence-electron chi connectivity index (χ0n) is 10.2. The molecule has 0 aliphatic rings. The van der Waals surface area contributed by atoms with Crippen molar-refractivity contribution in [2.24, 2.45) is 0 Å². The Morgan fingerprint density at radius 2 is 2.17 bits per heavy atom. The van der Waals surface area contributed by atoms with Gasteiger partial charge in [-0.3, -0.25) is 0 Å². The van der Waals surface area contributed by atoms with Gasteiger partial charge in [0.15, 0.2) is 0 Å². The Morgan fingerprint density at radius 3 is 2.78 bits per heavy atom. The van der Waals surface area contributed by atoms with Crippen molar-refractivity contribution < 1.29 is 4.74 Å². The number of rotatable bonds is 5. The third-order valence-corrected chi connectivity index (χ3v) is 4.15. The Labute approximate surface area is 126 Å². The lowest BCUT2D eigenvalue weighted by molar-refractivity contribution is 0.205. The van der Waals surface area contributed by atoms with Gasteiger partial charge in [0.25, 0.3) is 0 Å². The Kier molecular flexibility index (Phi) is 4.83. The van der Waals surface area contributed by atoms with E-state index in [1.807, 2.05) is 25.1 Å². The second-order valence-electron chi connectivity index (χ2n) is 4.25. The summed E-state index contributed by atoms with van der Waals surface area (Å²) < 4.78 is 7.27.